The zero-order valence-electron chi connectivity index (χ0n) is 10.8. The van der Waals surface area contributed by atoms with Crippen LogP contribution in [0, 0.1) is 0 Å². The van der Waals surface area contributed by atoms with Crippen molar-refractivity contribution in [3.05, 3.63) is 41.1 Å². The van der Waals surface area contributed by atoms with E-state index in [0.717, 1.165) is 0 Å². The Labute approximate surface area is 119 Å². The molecule has 0 radical (unpaired) electrons. The Morgan fingerprint density at radius 2 is 2.05 bits per heavy atom. The molecule has 0 saturated heterocycles. The first-order valence-corrected chi connectivity index (χ1v) is 6.13. The fourth-order valence-corrected chi connectivity index (χ4v) is 1.48. The minimum Gasteiger partial charge on any atom is -0.410 e. The van der Waals surface area contributed by atoms with Crippen LogP contribution < -0.4 is 10.1 Å². The molecule has 1 amide bonds. The topological polar surface area (TPSA) is 64.4 Å². The lowest BCUT2D eigenvalue weighted by molar-refractivity contribution is 0.163. The predicted octanol–water partition coefficient (Wildman–Crippen LogP) is 4.14. The Balaban J connectivity index is 1.98. The van der Waals surface area contributed by atoms with Gasteiger partial charge in [-0.1, -0.05) is 16.8 Å². The number of anilines is 1. The van der Waals surface area contributed by atoms with Crippen LogP contribution in [0.1, 0.15) is 19.6 Å². The maximum absolute atomic E-state index is 13.6. The Bertz CT molecular complexity index is 605. The SMILES string of the molecule is CC(C)(F)c1cc(NC(=O)Oc2ccc(Cl)cc2)no1. The highest BCUT2D eigenvalue weighted by Gasteiger charge is 2.25. The summed E-state index contributed by atoms with van der Waals surface area (Å²) in [6.07, 6.45) is -0.760. The van der Waals surface area contributed by atoms with Crippen LogP contribution in [0.5, 0.6) is 5.75 Å². The number of benzene rings is 1. The fourth-order valence-electron chi connectivity index (χ4n) is 1.35. The van der Waals surface area contributed by atoms with Crippen molar-refractivity contribution in [3.63, 3.8) is 0 Å². The lowest BCUT2D eigenvalue weighted by atomic mass is 10.1. The fraction of sp³-hybridized carbons (Fsp3) is 0.231. The molecule has 2 rings (SSSR count). The van der Waals surface area contributed by atoms with E-state index in [-0.39, 0.29) is 11.6 Å². The van der Waals surface area contributed by atoms with Crippen LogP contribution in [0.4, 0.5) is 15.0 Å². The van der Waals surface area contributed by atoms with Crippen molar-refractivity contribution in [2.24, 2.45) is 0 Å². The van der Waals surface area contributed by atoms with Gasteiger partial charge in [-0.05, 0) is 38.1 Å². The van der Waals surface area contributed by atoms with Gasteiger partial charge in [-0.3, -0.25) is 5.32 Å². The van der Waals surface area contributed by atoms with Gasteiger partial charge in [-0.25, -0.2) is 9.18 Å². The summed E-state index contributed by atoms with van der Waals surface area (Å²) in [6.45, 7) is 2.65. The van der Waals surface area contributed by atoms with Crippen molar-refractivity contribution < 1.29 is 18.4 Å². The van der Waals surface area contributed by atoms with E-state index in [1.807, 2.05) is 0 Å². The minimum atomic E-state index is -1.67. The highest BCUT2D eigenvalue weighted by molar-refractivity contribution is 6.30. The second-order valence-electron chi connectivity index (χ2n) is 4.52. The number of halogens is 2. The number of amides is 1. The van der Waals surface area contributed by atoms with Gasteiger partial charge in [-0.2, -0.15) is 0 Å². The first kappa shape index (κ1) is 14.3. The van der Waals surface area contributed by atoms with E-state index in [4.69, 9.17) is 20.9 Å². The Morgan fingerprint density at radius 1 is 1.40 bits per heavy atom. The highest BCUT2D eigenvalue weighted by atomic mass is 35.5. The smallest absolute Gasteiger partial charge is 0.410 e. The molecule has 20 heavy (non-hydrogen) atoms. The molecule has 0 aliphatic rings. The number of aromatic nitrogens is 1. The summed E-state index contributed by atoms with van der Waals surface area (Å²) in [6, 6.07) is 7.55. The summed E-state index contributed by atoms with van der Waals surface area (Å²) in [4.78, 5) is 11.6. The molecule has 0 saturated carbocycles. The average Bonchev–Trinajstić information content (AvgIpc) is 2.80. The molecule has 0 fully saturated rings. The van der Waals surface area contributed by atoms with Crippen LogP contribution in [0.25, 0.3) is 0 Å². The maximum atomic E-state index is 13.6. The third-order valence-electron chi connectivity index (χ3n) is 2.35. The zero-order valence-corrected chi connectivity index (χ0v) is 11.6. The first-order valence-electron chi connectivity index (χ1n) is 5.75. The van der Waals surface area contributed by atoms with Gasteiger partial charge in [0.15, 0.2) is 17.2 Å². The molecule has 0 aliphatic heterocycles. The van der Waals surface area contributed by atoms with E-state index < -0.39 is 11.8 Å². The van der Waals surface area contributed by atoms with E-state index in [9.17, 15) is 9.18 Å². The van der Waals surface area contributed by atoms with E-state index in [1.54, 1.807) is 24.3 Å². The molecule has 0 atom stereocenters. The molecule has 0 bridgehead atoms. The van der Waals surface area contributed by atoms with Crippen molar-refractivity contribution in [2.45, 2.75) is 19.5 Å². The Hall–Kier alpha value is -2.08. The summed E-state index contributed by atoms with van der Waals surface area (Å²) in [5, 5.41) is 6.39. The van der Waals surface area contributed by atoms with Crippen LogP contribution in [0.3, 0.4) is 0 Å². The lowest BCUT2D eigenvalue weighted by Crippen LogP contribution is -2.16. The molecule has 1 N–H and O–H groups in total. The second kappa shape index (κ2) is 5.50. The Morgan fingerprint density at radius 3 is 2.60 bits per heavy atom. The van der Waals surface area contributed by atoms with Crippen molar-refractivity contribution in [2.75, 3.05) is 5.32 Å². The molecular formula is C13H12ClFN2O3. The highest BCUT2D eigenvalue weighted by Crippen LogP contribution is 2.26. The van der Waals surface area contributed by atoms with Gasteiger partial charge in [0.1, 0.15) is 5.75 Å². The van der Waals surface area contributed by atoms with Crippen molar-refractivity contribution in [1.29, 1.82) is 0 Å². The molecule has 1 aromatic heterocycles. The van der Waals surface area contributed by atoms with Crippen LogP contribution >= 0.6 is 11.6 Å². The largest absolute Gasteiger partial charge is 0.418 e. The van der Waals surface area contributed by atoms with Crippen LogP contribution in [-0.2, 0) is 5.67 Å². The molecule has 0 aliphatic carbocycles. The molecule has 2 aromatic rings. The minimum absolute atomic E-state index is 0.0132. The second-order valence-corrected chi connectivity index (χ2v) is 4.95. The number of ether oxygens (including phenoxy) is 1. The van der Waals surface area contributed by atoms with Gasteiger partial charge < -0.3 is 9.26 Å². The van der Waals surface area contributed by atoms with Gasteiger partial charge in [-0.15, -0.1) is 0 Å². The summed E-state index contributed by atoms with van der Waals surface area (Å²) < 4.78 is 23.3. The van der Waals surface area contributed by atoms with Gasteiger partial charge in [0.2, 0.25) is 0 Å². The normalized spacial score (nSPS) is 11.2. The molecule has 7 heteroatoms. The standard InChI is InChI=1S/C13H12ClFN2O3/c1-13(2,15)10-7-11(17-20-10)16-12(18)19-9-5-3-8(14)4-6-9/h3-7H,1-2H3,(H,16,17,18). The number of nitrogens with one attached hydrogen (secondary N) is 1. The number of alkyl halides is 1. The molecule has 5 nitrogen and oxygen atoms in total. The van der Waals surface area contributed by atoms with Crippen LogP contribution in [0.15, 0.2) is 34.9 Å². The van der Waals surface area contributed by atoms with E-state index in [1.165, 1.54) is 19.9 Å². The van der Waals surface area contributed by atoms with Crippen LogP contribution in [0.2, 0.25) is 5.02 Å². The van der Waals surface area contributed by atoms with E-state index >= 15 is 0 Å². The van der Waals surface area contributed by atoms with Crippen molar-refractivity contribution in [1.82, 2.24) is 5.16 Å². The number of carbonyl (C=O) groups excluding carboxylic acids is 1. The van der Waals surface area contributed by atoms with E-state index in [2.05, 4.69) is 10.5 Å². The number of rotatable bonds is 3. The summed E-state index contributed by atoms with van der Waals surface area (Å²) >= 11 is 5.71. The third kappa shape index (κ3) is 3.71. The van der Waals surface area contributed by atoms with Gasteiger partial charge in [0, 0.05) is 11.1 Å². The molecule has 106 valence electrons. The summed E-state index contributed by atoms with van der Waals surface area (Å²) in [5.74, 6) is 0.408. The maximum Gasteiger partial charge on any atom is 0.418 e. The lowest BCUT2D eigenvalue weighted by Gasteiger charge is -2.07. The van der Waals surface area contributed by atoms with Crippen molar-refractivity contribution >= 4 is 23.5 Å². The van der Waals surface area contributed by atoms with E-state index in [0.29, 0.717) is 10.8 Å². The number of hydrogen-bond donors (Lipinski definition) is 1. The zero-order chi connectivity index (χ0) is 14.8. The average molecular weight is 299 g/mol. The van der Waals surface area contributed by atoms with Crippen LogP contribution in [-0.4, -0.2) is 11.2 Å². The summed E-state index contributed by atoms with van der Waals surface area (Å²) in [7, 11) is 0. The molecule has 0 unspecified atom stereocenters. The number of nitrogens with zero attached hydrogens (tertiary/aromatic N) is 1. The van der Waals surface area contributed by atoms with Crippen molar-refractivity contribution in [3.8, 4) is 5.75 Å². The quantitative estimate of drug-likeness (QED) is 0.924. The molecule has 0 spiro atoms. The Kier molecular flexibility index (Phi) is 3.94. The molecular weight excluding hydrogens is 287 g/mol. The third-order valence-corrected chi connectivity index (χ3v) is 2.60. The van der Waals surface area contributed by atoms with Gasteiger partial charge >= 0.3 is 6.09 Å². The number of hydrogen-bond acceptors (Lipinski definition) is 4. The summed E-state index contributed by atoms with van der Waals surface area (Å²) in [5.41, 5.74) is -1.67. The molecule has 1 aromatic carbocycles. The molecule has 1 heterocycles. The first-order chi connectivity index (χ1) is 9.34. The predicted molar refractivity (Wildman–Crippen MR) is 71.7 cm³/mol. The monoisotopic (exact) mass is 298 g/mol. The number of carbonyl (C=O) groups is 1. The van der Waals surface area contributed by atoms with Gasteiger partial charge in [0.05, 0.1) is 0 Å². The van der Waals surface area contributed by atoms with Gasteiger partial charge in [0.25, 0.3) is 0 Å².